The molecule has 0 heterocycles. The monoisotopic (exact) mass is 606 g/mol. The van der Waals surface area contributed by atoms with E-state index in [2.05, 4.69) is 34.6 Å². The highest BCUT2D eigenvalue weighted by molar-refractivity contribution is 6.38. The predicted octanol–water partition coefficient (Wildman–Crippen LogP) is 10.8. The molecule has 0 bridgehead atoms. The molecule has 0 radical (unpaired) electrons. The second kappa shape index (κ2) is 20.5. The summed E-state index contributed by atoms with van der Waals surface area (Å²) >= 11 is 12.3. The van der Waals surface area contributed by atoms with Gasteiger partial charge in [-0.3, -0.25) is 0 Å². The fraction of sp³-hybridized carbons (Fsp3) is 0.647. The number of quaternary nitrogens is 1. The molecule has 230 valence electrons. The molecule has 4 nitrogen and oxygen atoms in total. The zero-order chi connectivity index (χ0) is 29.9. The second-order valence-corrected chi connectivity index (χ2v) is 12.3. The van der Waals surface area contributed by atoms with Crippen LogP contribution in [0.1, 0.15) is 112 Å². The SMILES string of the molecule is CCCCCC(OB(Oc1ccc(Cl)cc1)Oc1ccc(Cl)cc1)C(CCC)[N+](CCCC)(CCCC)CCCC. The van der Waals surface area contributed by atoms with Gasteiger partial charge in [-0.2, -0.15) is 0 Å². The van der Waals surface area contributed by atoms with Crippen molar-refractivity contribution < 1.29 is 18.4 Å². The van der Waals surface area contributed by atoms with E-state index in [4.69, 9.17) is 37.2 Å². The van der Waals surface area contributed by atoms with Crippen molar-refractivity contribution in [3.63, 3.8) is 0 Å². The topological polar surface area (TPSA) is 27.7 Å². The van der Waals surface area contributed by atoms with Crippen LogP contribution in [0.2, 0.25) is 10.0 Å². The van der Waals surface area contributed by atoms with E-state index in [9.17, 15) is 0 Å². The van der Waals surface area contributed by atoms with E-state index in [1.807, 2.05) is 48.5 Å². The lowest BCUT2D eigenvalue weighted by Gasteiger charge is -2.48. The number of nitrogens with zero attached hydrogens (tertiary/aromatic N) is 1. The summed E-state index contributed by atoms with van der Waals surface area (Å²) in [6.45, 7) is 15.1. The third-order valence-electron chi connectivity index (χ3n) is 8.06. The maximum absolute atomic E-state index is 7.00. The number of rotatable bonds is 23. The van der Waals surface area contributed by atoms with Gasteiger partial charge in [-0.25, -0.2) is 0 Å². The molecule has 0 aliphatic rings. The van der Waals surface area contributed by atoms with Crippen LogP contribution in [0.5, 0.6) is 11.5 Å². The Hall–Kier alpha value is -1.40. The lowest BCUT2D eigenvalue weighted by molar-refractivity contribution is -0.955. The van der Waals surface area contributed by atoms with E-state index in [0.29, 0.717) is 27.6 Å². The van der Waals surface area contributed by atoms with Gasteiger partial charge in [0, 0.05) is 16.5 Å². The molecule has 2 unspecified atom stereocenters. The van der Waals surface area contributed by atoms with Crippen molar-refractivity contribution in [2.24, 2.45) is 0 Å². The number of unbranched alkanes of at least 4 members (excludes halogenated alkanes) is 5. The minimum Gasteiger partial charge on any atom is -0.501 e. The first kappa shape index (κ1) is 35.8. The summed E-state index contributed by atoms with van der Waals surface area (Å²) in [7, 11) is -0.895. The first-order valence-electron chi connectivity index (χ1n) is 16.3. The van der Waals surface area contributed by atoms with Crippen LogP contribution in [0, 0.1) is 0 Å². The van der Waals surface area contributed by atoms with Gasteiger partial charge in [0.15, 0.2) is 0 Å². The highest BCUT2D eigenvalue weighted by atomic mass is 35.5. The highest BCUT2D eigenvalue weighted by Gasteiger charge is 2.44. The van der Waals surface area contributed by atoms with Gasteiger partial charge in [0.2, 0.25) is 0 Å². The van der Waals surface area contributed by atoms with E-state index >= 15 is 0 Å². The van der Waals surface area contributed by atoms with E-state index < -0.39 is 7.32 Å². The van der Waals surface area contributed by atoms with Crippen molar-refractivity contribution in [1.82, 2.24) is 0 Å². The van der Waals surface area contributed by atoms with E-state index in [0.717, 1.165) is 30.2 Å². The Balaban J connectivity index is 2.51. The van der Waals surface area contributed by atoms with Crippen molar-refractivity contribution in [1.29, 1.82) is 0 Å². The average molecular weight is 608 g/mol. The number of hydrogen-bond acceptors (Lipinski definition) is 3. The molecule has 2 aromatic carbocycles. The summed E-state index contributed by atoms with van der Waals surface area (Å²) in [6.07, 6.45) is 14.1. The summed E-state index contributed by atoms with van der Waals surface area (Å²) in [5.74, 6) is 1.33. The van der Waals surface area contributed by atoms with Crippen molar-refractivity contribution >= 4 is 30.5 Å². The Morgan fingerprint density at radius 3 is 1.41 bits per heavy atom. The van der Waals surface area contributed by atoms with Crippen LogP contribution in [0.25, 0.3) is 0 Å². The molecule has 0 aliphatic carbocycles. The lowest BCUT2D eigenvalue weighted by Crippen LogP contribution is -2.62. The standard InChI is InChI=1S/C34H55BCl2NO3/c1-6-11-15-17-34(33(16-10-5)38(26-12-7-2,27-13-8-3)28-14-9-4)41-35(39-31-22-18-29(36)19-23-31)40-32-24-20-30(37)21-25-32/h18-25,33-34H,6-17,26-28H2,1-5H3/q+1. The van der Waals surface area contributed by atoms with Gasteiger partial charge in [-0.15, -0.1) is 0 Å². The van der Waals surface area contributed by atoms with Crippen LogP contribution in [-0.4, -0.2) is 43.6 Å². The van der Waals surface area contributed by atoms with Crippen molar-refractivity contribution in [3.05, 3.63) is 58.6 Å². The summed E-state index contributed by atoms with van der Waals surface area (Å²) in [6, 6.07) is 15.2. The molecule has 0 spiro atoms. The normalized spacial score (nSPS) is 13.1. The molecule has 0 aromatic heterocycles. The lowest BCUT2D eigenvalue weighted by atomic mass is 9.92. The first-order chi connectivity index (χ1) is 19.9. The van der Waals surface area contributed by atoms with Gasteiger partial charge in [-0.1, -0.05) is 103 Å². The van der Waals surface area contributed by atoms with Crippen LogP contribution >= 0.6 is 23.2 Å². The summed E-state index contributed by atoms with van der Waals surface area (Å²) in [5.41, 5.74) is 0. The molecular weight excluding hydrogens is 552 g/mol. The quantitative estimate of drug-likeness (QED) is 0.0715. The molecular formula is C34H55BCl2NO3+. The molecule has 0 fully saturated rings. The summed E-state index contributed by atoms with van der Waals surface area (Å²) in [4.78, 5) is 0. The molecule has 0 aliphatic heterocycles. The number of benzene rings is 2. The molecule has 41 heavy (non-hydrogen) atoms. The van der Waals surface area contributed by atoms with Crippen molar-refractivity contribution in [2.75, 3.05) is 19.6 Å². The Morgan fingerprint density at radius 2 is 1.02 bits per heavy atom. The van der Waals surface area contributed by atoms with Gasteiger partial charge in [-0.05, 0) is 74.2 Å². The minimum atomic E-state index is -0.895. The molecule has 2 aromatic rings. The zero-order valence-corrected chi connectivity index (χ0v) is 27.9. The fourth-order valence-corrected chi connectivity index (χ4v) is 6.03. The average Bonchev–Trinajstić information content (AvgIpc) is 2.98. The van der Waals surface area contributed by atoms with Gasteiger partial charge < -0.3 is 18.4 Å². The Morgan fingerprint density at radius 1 is 0.585 bits per heavy atom. The van der Waals surface area contributed by atoms with E-state index in [1.54, 1.807) is 0 Å². The van der Waals surface area contributed by atoms with E-state index in [1.165, 1.54) is 71.0 Å². The molecule has 2 rings (SSSR count). The van der Waals surface area contributed by atoms with Crippen molar-refractivity contribution in [3.8, 4) is 11.5 Å². The smallest absolute Gasteiger partial charge is 0.501 e. The largest absolute Gasteiger partial charge is 0.788 e. The maximum atomic E-state index is 7.00. The van der Waals surface area contributed by atoms with Crippen LogP contribution in [0.15, 0.2) is 48.5 Å². The number of halogens is 2. The van der Waals surface area contributed by atoms with Gasteiger partial charge in [0.05, 0.1) is 25.7 Å². The minimum absolute atomic E-state index is 0.0108. The Labute approximate surface area is 261 Å². The Kier molecular flexibility index (Phi) is 17.9. The van der Waals surface area contributed by atoms with Crippen LogP contribution in [0.4, 0.5) is 0 Å². The Bertz CT molecular complexity index is 859. The van der Waals surface area contributed by atoms with Crippen LogP contribution < -0.4 is 9.31 Å². The fourth-order valence-electron chi connectivity index (χ4n) is 5.78. The number of hydrogen-bond donors (Lipinski definition) is 0. The first-order valence-corrected chi connectivity index (χ1v) is 17.0. The summed E-state index contributed by atoms with van der Waals surface area (Å²) < 4.78 is 20.9. The maximum Gasteiger partial charge on any atom is 0.788 e. The zero-order valence-electron chi connectivity index (χ0n) is 26.4. The van der Waals surface area contributed by atoms with Gasteiger partial charge >= 0.3 is 7.32 Å². The van der Waals surface area contributed by atoms with E-state index in [-0.39, 0.29) is 6.10 Å². The molecule has 0 saturated carbocycles. The molecule has 2 atom stereocenters. The molecule has 0 N–H and O–H groups in total. The third kappa shape index (κ3) is 12.8. The van der Waals surface area contributed by atoms with Crippen LogP contribution in [-0.2, 0) is 4.65 Å². The third-order valence-corrected chi connectivity index (χ3v) is 8.56. The molecule has 7 heteroatoms. The second-order valence-electron chi connectivity index (χ2n) is 11.4. The molecule has 0 saturated heterocycles. The van der Waals surface area contributed by atoms with Crippen LogP contribution in [0.3, 0.4) is 0 Å². The summed E-state index contributed by atoms with van der Waals surface area (Å²) in [5, 5.41) is 1.33. The van der Waals surface area contributed by atoms with Gasteiger partial charge in [0.1, 0.15) is 17.5 Å². The van der Waals surface area contributed by atoms with Crippen molar-refractivity contribution in [2.45, 2.75) is 124 Å². The highest BCUT2D eigenvalue weighted by Crippen LogP contribution is 2.31. The van der Waals surface area contributed by atoms with Gasteiger partial charge in [0.25, 0.3) is 0 Å². The predicted molar refractivity (Wildman–Crippen MR) is 177 cm³/mol. The molecule has 0 amide bonds.